The molecule has 3 rings (SSSR count). The van der Waals surface area contributed by atoms with Crippen molar-refractivity contribution in [2.45, 2.75) is 6.04 Å². The largest absolute Gasteiger partial charge is 0.351 e. The second-order valence-electron chi connectivity index (χ2n) is 6.47. The molecule has 0 spiro atoms. The van der Waals surface area contributed by atoms with Gasteiger partial charge in [0.05, 0.1) is 5.56 Å². The molecule has 0 saturated carbocycles. The Hall–Kier alpha value is -3.26. The third-order valence-corrected chi connectivity index (χ3v) is 4.68. The van der Waals surface area contributed by atoms with Crippen LogP contribution in [0, 0.1) is 5.82 Å². The fourth-order valence-electron chi connectivity index (χ4n) is 3.34. The Bertz CT molecular complexity index is 867. The van der Waals surface area contributed by atoms with Gasteiger partial charge in [0.2, 0.25) is 5.91 Å². The van der Waals surface area contributed by atoms with Crippen LogP contribution in [0.2, 0.25) is 0 Å². The van der Waals surface area contributed by atoms with E-state index in [1.165, 1.54) is 18.2 Å². The lowest BCUT2D eigenvalue weighted by Gasteiger charge is -2.38. The first kappa shape index (κ1) is 19.5. The van der Waals surface area contributed by atoms with Crippen LogP contribution in [0.5, 0.6) is 0 Å². The highest BCUT2D eigenvalue weighted by molar-refractivity contribution is 5.97. The molecule has 2 aromatic carbocycles. The van der Waals surface area contributed by atoms with E-state index in [4.69, 9.17) is 5.73 Å². The molecule has 1 heterocycles. The van der Waals surface area contributed by atoms with E-state index in [0.717, 1.165) is 5.56 Å². The molecule has 8 heteroatoms. The Morgan fingerprint density at radius 3 is 2.14 bits per heavy atom. The number of nitrogens with one attached hydrogen (secondary N) is 1. The molecule has 1 saturated heterocycles. The second-order valence-corrected chi connectivity index (χ2v) is 6.47. The SMILES string of the molecule is NC(=O)NC(=O)[C@@H](c1ccccc1)N1CCN(C(=O)c2ccccc2F)CC1. The highest BCUT2D eigenvalue weighted by Gasteiger charge is 2.32. The first-order valence-electron chi connectivity index (χ1n) is 8.90. The topological polar surface area (TPSA) is 95.7 Å². The van der Waals surface area contributed by atoms with Gasteiger partial charge in [-0.3, -0.25) is 19.8 Å². The summed E-state index contributed by atoms with van der Waals surface area (Å²) in [6.45, 7) is 1.46. The molecule has 3 N–H and O–H groups in total. The van der Waals surface area contributed by atoms with Crippen LogP contribution in [-0.4, -0.2) is 53.8 Å². The molecule has 28 heavy (non-hydrogen) atoms. The van der Waals surface area contributed by atoms with Crippen molar-refractivity contribution in [3.63, 3.8) is 0 Å². The summed E-state index contributed by atoms with van der Waals surface area (Å²) >= 11 is 0. The molecule has 1 atom stereocenters. The molecule has 0 radical (unpaired) electrons. The molecule has 0 aromatic heterocycles. The number of carbonyl (C=O) groups excluding carboxylic acids is 3. The van der Waals surface area contributed by atoms with Crippen molar-refractivity contribution < 1.29 is 18.8 Å². The molecule has 7 nitrogen and oxygen atoms in total. The molecule has 1 aliphatic heterocycles. The third kappa shape index (κ3) is 4.34. The van der Waals surface area contributed by atoms with Crippen LogP contribution in [0.15, 0.2) is 54.6 Å². The van der Waals surface area contributed by atoms with Crippen molar-refractivity contribution in [3.05, 3.63) is 71.5 Å². The number of halogens is 1. The molecular formula is C20H21FN4O3. The highest BCUT2D eigenvalue weighted by atomic mass is 19.1. The molecule has 4 amide bonds. The molecule has 1 fully saturated rings. The number of rotatable bonds is 4. The lowest BCUT2D eigenvalue weighted by atomic mass is 10.0. The molecular weight excluding hydrogens is 363 g/mol. The predicted octanol–water partition coefficient (Wildman–Crippen LogP) is 1.52. The summed E-state index contributed by atoms with van der Waals surface area (Å²) in [7, 11) is 0. The highest BCUT2D eigenvalue weighted by Crippen LogP contribution is 2.23. The monoisotopic (exact) mass is 384 g/mol. The zero-order valence-electron chi connectivity index (χ0n) is 15.2. The van der Waals surface area contributed by atoms with E-state index in [-0.39, 0.29) is 11.5 Å². The third-order valence-electron chi connectivity index (χ3n) is 4.68. The lowest BCUT2D eigenvalue weighted by Crippen LogP contribution is -2.53. The van der Waals surface area contributed by atoms with Gasteiger partial charge in [0, 0.05) is 26.2 Å². The van der Waals surface area contributed by atoms with Crippen molar-refractivity contribution in [1.29, 1.82) is 0 Å². The van der Waals surface area contributed by atoms with Crippen LogP contribution in [0.25, 0.3) is 0 Å². The molecule has 2 aromatic rings. The number of nitrogens with two attached hydrogens (primary N) is 1. The smallest absolute Gasteiger partial charge is 0.318 e. The van der Waals surface area contributed by atoms with Crippen molar-refractivity contribution in [1.82, 2.24) is 15.1 Å². The average molecular weight is 384 g/mol. The van der Waals surface area contributed by atoms with Gasteiger partial charge in [-0.2, -0.15) is 0 Å². The van der Waals surface area contributed by atoms with E-state index in [9.17, 15) is 18.8 Å². The maximum absolute atomic E-state index is 13.9. The van der Waals surface area contributed by atoms with E-state index in [1.807, 2.05) is 11.0 Å². The summed E-state index contributed by atoms with van der Waals surface area (Å²) in [6, 6.07) is 13.3. The Morgan fingerprint density at radius 2 is 1.54 bits per heavy atom. The quantitative estimate of drug-likeness (QED) is 0.835. The summed E-state index contributed by atoms with van der Waals surface area (Å²) in [5, 5.41) is 2.13. The van der Waals surface area contributed by atoms with Gasteiger partial charge in [0.1, 0.15) is 11.9 Å². The van der Waals surface area contributed by atoms with Crippen LogP contribution in [0.4, 0.5) is 9.18 Å². The van der Waals surface area contributed by atoms with Crippen LogP contribution in [-0.2, 0) is 4.79 Å². The first-order valence-corrected chi connectivity index (χ1v) is 8.90. The summed E-state index contributed by atoms with van der Waals surface area (Å²) in [4.78, 5) is 39.7. The zero-order valence-corrected chi connectivity index (χ0v) is 15.2. The Morgan fingerprint density at radius 1 is 0.929 bits per heavy atom. The molecule has 1 aliphatic rings. The number of benzene rings is 2. The van der Waals surface area contributed by atoms with Crippen LogP contribution >= 0.6 is 0 Å². The number of urea groups is 1. The minimum Gasteiger partial charge on any atom is -0.351 e. The molecule has 0 unspecified atom stereocenters. The van der Waals surface area contributed by atoms with Gasteiger partial charge in [0.25, 0.3) is 5.91 Å². The number of hydrogen-bond donors (Lipinski definition) is 2. The Kier molecular flexibility index (Phi) is 6.00. The van der Waals surface area contributed by atoms with Crippen molar-refractivity contribution >= 4 is 17.8 Å². The van der Waals surface area contributed by atoms with Gasteiger partial charge in [-0.25, -0.2) is 9.18 Å². The predicted molar refractivity (Wildman–Crippen MR) is 101 cm³/mol. The number of hydrogen-bond acceptors (Lipinski definition) is 4. The van der Waals surface area contributed by atoms with Crippen molar-refractivity contribution in [3.8, 4) is 0 Å². The summed E-state index contributed by atoms with van der Waals surface area (Å²) in [5.74, 6) is -1.46. The number of imide groups is 1. The second kappa shape index (κ2) is 8.62. The maximum Gasteiger partial charge on any atom is 0.318 e. The van der Waals surface area contributed by atoms with E-state index in [0.29, 0.717) is 26.2 Å². The Labute approximate surface area is 161 Å². The normalized spacial score (nSPS) is 15.7. The van der Waals surface area contributed by atoms with E-state index >= 15 is 0 Å². The van der Waals surface area contributed by atoms with Crippen LogP contribution in [0.3, 0.4) is 0 Å². The van der Waals surface area contributed by atoms with Gasteiger partial charge in [-0.05, 0) is 17.7 Å². The number of piperazine rings is 1. The molecule has 146 valence electrons. The zero-order chi connectivity index (χ0) is 20.1. The van der Waals surface area contributed by atoms with E-state index in [2.05, 4.69) is 5.32 Å². The fourth-order valence-corrected chi connectivity index (χ4v) is 3.34. The van der Waals surface area contributed by atoms with Crippen LogP contribution in [0.1, 0.15) is 22.0 Å². The summed E-state index contributed by atoms with van der Waals surface area (Å²) < 4.78 is 13.9. The maximum atomic E-state index is 13.9. The van der Waals surface area contributed by atoms with Gasteiger partial charge in [-0.15, -0.1) is 0 Å². The first-order chi connectivity index (χ1) is 13.5. The average Bonchev–Trinajstić information content (AvgIpc) is 2.69. The standard InChI is InChI=1S/C20H21FN4O3/c21-16-9-5-4-8-15(16)19(27)25-12-10-24(11-13-25)17(18(26)23-20(22)28)14-6-2-1-3-7-14/h1-9,17H,10-13H2,(H3,22,23,26,28)/t17-/m1/s1. The Balaban J connectivity index is 1.73. The van der Waals surface area contributed by atoms with E-state index in [1.54, 1.807) is 35.2 Å². The lowest BCUT2D eigenvalue weighted by molar-refractivity contribution is -0.126. The molecule has 0 aliphatic carbocycles. The minimum absolute atomic E-state index is 0.0297. The summed E-state index contributed by atoms with van der Waals surface area (Å²) in [6.07, 6.45) is 0. The number of amides is 4. The van der Waals surface area contributed by atoms with Crippen molar-refractivity contribution in [2.24, 2.45) is 5.73 Å². The van der Waals surface area contributed by atoms with Gasteiger partial charge in [0.15, 0.2) is 0 Å². The van der Waals surface area contributed by atoms with E-state index < -0.39 is 23.8 Å². The summed E-state index contributed by atoms with van der Waals surface area (Å²) in [5.41, 5.74) is 5.85. The minimum atomic E-state index is -0.917. The van der Waals surface area contributed by atoms with Gasteiger partial charge in [-0.1, -0.05) is 42.5 Å². The molecule has 0 bridgehead atoms. The van der Waals surface area contributed by atoms with Crippen molar-refractivity contribution in [2.75, 3.05) is 26.2 Å². The van der Waals surface area contributed by atoms with Crippen LogP contribution < -0.4 is 11.1 Å². The number of carbonyl (C=O) groups is 3. The number of nitrogens with zero attached hydrogens (tertiary/aromatic N) is 2. The fraction of sp³-hybridized carbons (Fsp3) is 0.250. The van der Waals surface area contributed by atoms with Gasteiger partial charge < -0.3 is 10.6 Å². The van der Waals surface area contributed by atoms with Gasteiger partial charge >= 0.3 is 6.03 Å². The number of primary amides is 1.